The number of nitrogens with zero attached hydrogens (tertiary/aromatic N) is 1. The van der Waals surface area contributed by atoms with Gasteiger partial charge in [-0.3, -0.25) is 0 Å². The minimum Gasteiger partial charge on any atom is -0.329 e. The van der Waals surface area contributed by atoms with Crippen molar-refractivity contribution in [2.75, 3.05) is 27.2 Å². The summed E-state index contributed by atoms with van der Waals surface area (Å²) < 4.78 is 222. The van der Waals surface area contributed by atoms with E-state index < -0.39 is 65.1 Å². The maximum atomic E-state index is 13.7. The Morgan fingerprint density at radius 1 is 0.469 bits per heavy atom. The molecule has 0 saturated heterocycles. The van der Waals surface area contributed by atoms with Crippen LogP contribution in [0.25, 0.3) is 0 Å². The zero-order chi connectivity index (χ0) is 26.6. The van der Waals surface area contributed by atoms with E-state index in [-0.39, 0.29) is 6.54 Å². The van der Waals surface area contributed by atoms with Gasteiger partial charge >= 0.3 is 47.6 Å². The molecule has 0 unspecified atom stereocenters. The second-order valence-corrected chi connectivity index (χ2v) is 7.37. The molecule has 0 aromatic rings. The topological polar surface area (TPSA) is 0 Å². The molecular formula is C14H15F17N+. The van der Waals surface area contributed by atoms with E-state index in [0.29, 0.717) is 0 Å². The number of rotatable bonds is 10. The molecule has 0 heterocycles. The van der Waals surface area contributed by atoms with E-state index in [1.807, 2.05) is 0 Å². The summed E-state index contributed by atoms with van der Waals surface area (Å²) in [6, 6.07) is 0. The van der Waals surface area contributed by atoms with Crippen LogP contribution in [0.1, 0.15) is 13.3 Å². The first-order chi connectivity index (χ1) is 13.5. The molecule has 1 nitrogen and oxygen atoms in total. The average Bonchev–Trinajstić information content (AvgIpc) is 2.58. The molecule has 194 valence electrons. The lowest BCUT2D eigenvalue weighted by Crippen LogP contribution is -2.74. The van der Waals surface area contributed by atoms with Crippen LogP contribution in [0.3, 0.4) is 0 Å². The largest absolute Gasteiger partial charge is 0.460 e. The van der Waals surface area contributed by atoms with Crippen LogP contribution in [0.4, 0.5) is 74.6 Å². The van der Waals surface area contributed by atoms with Gasteiger partial charge in [-0.1, -0.05) is 0 Å². The standard InChI is InChI=1S/C14H15F17N/c1-4-32(2,3)6-5-7(15,16)8(17,18)9(19,20)10(21,22)11(23,24)12(25,26)13(27,28)14(29,30)31/h4-6H2,1-3H3/q+1. The van der Waals surface area contributed by atoms with E-state index >= 15 is 0 Å². The summed E-state index contributed by atoms with van der Waals surface area (Å²) >= 11 is 0. The third kappa shape index (κ3) is 4.31. The second-order valence-electron chi connectivity index (χ2n) is 7.37. The van der Waals surface area contributed by atoms with Crippen LogP contribution in [-0.4, -0.2) is 79.3 Å². The summed E-state index contributed by atoms with van der Waals surface area (Å²) in [5.74, 6) is -55.8. The third-order valence-electron chi connectivity index (χ3n) is 4.67. The second kappa shape index (κ2) is 7.92. The molecule has 0 N–H and O–H groups in total. The van der Waals surface area contributed by atoms with Crippen molar-refractivity contribution in [3.63, 3.8) is 0 Å². The quantitative estimate of drug-likeness (QED) is 0.229. The number of halogens is 17. The molecule has 0 saturated carbocycles. The Morgan fingerprint density at radius 2 is 0.750 bits per heavy atom. The molecule has 0 fully saturated rings. The Balaban J connectivity index is 6.53. The van der Waals surface area contributed by atoms with E-state index in [4.69, 9.17) is 0 Å². The number of hydrogen-bond acceptors (Lipinski definition) is 0. The summed E-state index contributed by atoms with van der Waals surface area (Å²) in [5, 5.41) is 0. The van der Waals surface area contributed by atoms with Gasteiger partial charge in [0.2, 0.25) is 0 Å². The van der Waals surface area contributed by atoms with Crippen LogP contribution >= 0.6 is 0 Å². The number of hydrogen-bond donors (Lipinski definition) is 0. The number of quaternary nitrogens is 1. The van der Waals surface area contributed by atoms with Crippen LogP contribution in [0.5, 0.6) is 0 Å². The molecule has 0 amide bonds. The van der Waals surface area contributed by atoms with Gasteiger partial charge in [0.1, 0.15) is 0 Å². The van der Waals surface area contributed by atoms with Gasteiger partial charge in [0.25, 0.3) is 0 Å². The summed E-state index contributed by atoms with van der Waals surface area (Å²) in [7, 11) is 2.10. The van der Waals surface area contributed by atoms with E-state index in [1.54, 1.807) is 0 Å². The first kappa shape index (κ1) is 30.8. The molecule has 0 spiro atoms. The van der Waals surface area contributed by atoms with Gasteiger partial charge in [-0.15, -0.1) is 0 Å². The lowest BCUT2D eigenvalue weighted by atomic mass is 9.88. The maximum absolute atomic E-state index is 13.7. The Bertz CT molecular complexity index is 661. The van der Waals surface area contributed by atoms with E-state index in [9.17, 15) is 74.6 Å². The molecule has 0 bridgehead atoms. The summed E-state index contributed by atoms with van der Waals surface area (Å²) in [5.41, 5.74) is 0. The van der Waals surface area contributed by atoms with Crippen LogP contribution in [0.15, 0.2) is 0 Å². The Labute approximate surface area is 168 Å². The molecule has 0 radical (unpaired) electrons. The highest BCUT2D eigenvalue weighted by Crippen LogP contribution is 2.64. The molecule has 0 atom stereocenters. The van der Waals surface area contributed by atoms with Gasteiger partial charge in [0.05, 0.1) is 33.6 Å². The van der Waals surface area contributed by atoms with Crippen molar-refractivity contribution in [1.82, 2.24) is 0 Å². The molecule has 0 aromatic heterocycles. The Kier molecular flexibility index (Phi) is 7.62. The van der Waals surface area contributed by atoms with Crippen molar-refractivity contribution >= 4 is 0 Å². The molecule has 18 heteroatoms. The van der Waals surface area contributed by atoms with Crippen LogP contribution < -0.4 is 0 Å². The molecule has 0 aliphatic carbocycles. The van der Waals surface area contributed by atoms with Gasteiger partial charge in [-0.05, 0) is 6.92 Å². The molecule has 0 aliphatic heterocycles. The van der Waals surface area contributed by atoms with Gasteiger partial charge in [0.15, 0.2) is 0 Å². The fraction of sp³-hybridized carbons (Fsp3) is 1.00. The van der Waals surface area contributed by atoms with E-state index in [1.165, 1.54) is 6.92 Å². The van der Waals surface area contributed by atoms with Crippen molar-refractivity contribution in [3.05, 3.63) is 0 Å². The van der Waals surface area contributed by atoms with Crippen LogP contribution in [0.2, 0.25) is 0 Å². The zero-order valence-electron chi connectivity index (χ0n) is 16.0. The van der Waals surface area contributed by atoms with E-state index in [2.05, 4.69) is 0 Å². The normalized spacial score (nSPS) is 16.5. The monoisotopic (exact) mass is 520 g/mol. The fourth-order valence-corrected chi connectivity index (χ4v) is 1.95. The van der Waals surface area contributed by atoms with Gasteiger partial charge in [0, 0.05) is 0 Å². The smallest absolute Gasteiger partial charge is 0.329 e. The predicted octanol–water partition coefficient (Wildman–Crippen LogP) is 6.48. The molecule has 0 rings (SSSR count). The highest BCUT2D eigenvalue weighted by atomic mass is 19.4. The SMILES string of the molecule is CC[N+](C)(C)CCC(F)(F)C(F)(F)C(F)(F)C(F)(F)C(F)(F)C(F)(F)C(F)(F)C(F)(F)F. The predicted molar refractivity (Wildman–Crippen MR) is 72.8 cm³/mol. The minimum atomic E-state index is -8.58. The van der Waals surface area contributed by atoms with Crippen molar-refractivity contribution in [2.24, 2.45) is 0 Å². The molecule has 0 aromatic carbocycles. The summed E-state index contributed by atoms with van der Waals surface area (Å²) in [4.78, 5) is 0. The third-order valence-corrected chi connectivity index (χ3v) is 4.67. The zero-order valence-corrected chi connectivity index (χ0v) is 16.0. The summed E-state index contributed by atoms with van der Waals surface area (Å²) in [6.45, 7) is -0.0486. The van der Waals surface area contributed by atoms with Gasteiger partial charge in [-0.2, -0.15) is 74.6 Å². The average molecular weight is 520 g/mol. The van der Waals surface area contributed by atoms with Gasteiger partial charge < -0.3 is 4.48 Å². The van der Waals surface area contributed by atoms with Gasteiger partial charge in [-0.25, -0.2) is 0 Å². The molecule has 32 heavy (non-hydrogen) atoms. The first-order valence-electron chi connectivity index (χ1n) is 8.05. The highest BCUT2D eigenvalue weighted by molar-refractivity contribution is 5.15. The van der Waals surface area contributed by atoms with E-state index in [0.717, 1.165) is 14.1 Å². The number of alkyl halides is 17. The minimum absolute atomic E-state index is 0.134. The fourth-order valence-electron chi connectivity index (χ4n) is 1.95. The lowest BCUT2D eigenvalue weighted by molar-refractivity contribution is -0.889. The van der Waals surface area contributed by atoms with Crippen LogP contribution in [-0.2, 0) is 0 Å². The van der Waals surface area contributed by atoms with Crippen molar-refractivity contribution < 1.29 is 79.1 Å². The van der Waals surface area contributed by atoms with Crippen molar-refractivity contribution in [1.29, 1.82) is 0 Å². The van der Waals surface area contributed by atoms with Crippen LogP contribution in [0, 0.1) is 0 Å². The highest BCUT2D eigenvalue weighted by Gasteiger charge is 2.95. The maximum Gasteiger partial charge on any atom is 0.460 e. The van der Waals surface area contributed by atoms with Crippen molar-refractivity contribution in [2.45, 2.75) is 61.0 Å². The first-order valence-corrected chi connectivity index (χ1v) is 8.05. The Morgan fingerprint density at radius 3 is 1.03 bits per heavy atom. The molecule has 0 aliphatic rings. The Hall–Kier alpha value is -1.23. The summed E-state index contributed by atoms with van der Waals surface area (Å²) in [6.07, 6.45) is -10.2. The lowest BCUT2D eigenvalue weighted by Gasteiger charge is -2.43. The van der Waals surface area contributed by atoms with Crippen molar-refractivity contribution in [3.8, 4) is 0 Å². The molecular weight excluding hydrogens is 505 g/mol.